The second-order valence-corrected chi connectivity index (χ2v) is 6.49. The van der Waals surface area contributed by atoms with Crippen LogP contribution in [0.15, 0.2) is 28.7 Å². The van der Waals surface area contributed by atoms with Gasteiger partial charge in [0.15, 0.2) is 0 Å². The summed E-state index contributed by atoms with van der Waals surface area (Å²) in [6.45, 7) is 9.11. The fraction of sp³-hybridized carbons (Fsp3) is 0.625. The minimum atomic E-state index is 0.398. The monoisotopic (exact) mass is 311 g/mol. The molecule has 0 aliphatic heterocycles. The largest absolute Gasteiger partial charge is 0.308 e. The molecule has 0 saturated carbocycles. The molecule has 0 aromatic heterocycles. The Kier molecular flexibility index (Phi) is 6.95. The van der Waals surface area contributed by atoms with Crippen LogP contribution in [-0.4, -0.2) is 6.04 Å². The van der Waals surface area contributed by atoms with Crippen LogP contribution >= 0.6 is 15.9 Å². The molecule has 0 radical (unpaired) electrons. The van der Waals surface area contributed by atoms with Crippen molar-refractivity contribution in [2.45, 2.75) is 59.0 Å². The molecule has 0 aliphatic rings. The van der Waals surface area contributed by atoms with Crippen molar-refractivity contribution >= 4 is 15.9 Å². The Morgan fingerprint density at radius 1 is 1.06 bits per heavy atom. The van der Waals surface area contributed by atoms with E-state index in [4.69, 9.17) is 0 Å². The van der Waals surface area contributed by atoms with Crippen LogP contribution in [0.2, 0.25) is 0 Å². The van der Waals surface area contributed by atoms with E-state index in [-0.39, 0.29) is 0 Å². The topological polar surface area (TPSA) is 12.0 Å². The molecule has 102 valence electrons. The van der Waals surface area contributed by atoms with Gasteiger partial charge in [-0.3, -0.25) is 0 Å². The van der Waals surface area contributed by atoms with Crippen molar-refractivity contribution in [2.24, 2.45) is 5.92 Å². The second-order valence-electron chi connectivity index (χ2n) is 5.64. The highest BCUT2D eigenvalue weighted by Crippen LogP contribution is 2.23. The fourth-order valence-electron chi connectivity index (χ4n) is 2.26. The maximum atomic E-state index is 3.68. The van der Waals surface area contributed by atoms with E-state index in [2.05, 4.69) is 73.2 Å². The zero-order valence-corrected chi connectivity index (χ0v) is 13.6. The average Bonchev–Trinajstić information content (AvgIpc) is 2.28. The molecule has 2 unspecified atom stereocenters. The molecular weight excluding hydrogens is 286 g/mol. The summed E-state index contributed by atoms with van der Waals surface area (Å²) in [7, 11) is 0. The Labute approximate surface area is 120 Å². The molecule has 2 heteroatoms. The van der Waals surface area contributed by atoms with Crippen LogP contribution in [0.1, 0.15) is 58.6 Å². The molecule has 1 aromatic rings. The van der Waals surface area contributed by atoms with Crippen molar-refractivity contribution in [1.82, 2.24) is 5.32 Å². The van der Waals surface area contributed by atoms with E-state index in [9.17, 15) is 0 Å². The Bertz CT molecular complexity index is 349. The van der Waals surface area contributed by atoms with Gasteiger partial charge in [-0.1, -0.05) is 60.8 Å². The summed E-state index contributed by atoms with van der Waals surface area (Å²) in [6.07, 6.45) is 3.90. The summed E-state index contributed by atoms with van der Waals surface area (Å²) in [4.78, 5) is 0. The highest BCUT2D eigenvalue weighted by atomic mass is 79.9. The number of hydrogen-bond donors (Lipinski definition) is 1. The van der Waals surface area contributed by atoms with Crippen LogP contribution in [0.4, 0.5) is 0 Å². The molecule has 0 fully saturated rings. The first kappa shape index (κ1) is 15.7. The molecule has 18 heavy (non-hydrogen) atoms. The van der Waals surface area contributed by atoms with Gasteiger partial charge in [-0.25, -0.2) is 0 Å². The van der Waals surface area contributed by atoms with E-state index in [1.54, 1.807) is 0 Å². The summed E-state index contributed by atoms with van der Waals surface area (Å²) in [5.74, 6) is 0.817. The second kappa shape index (κ2) is 7.96. The molecule has 0 aliphatic carbocycles. The predicted octanol–water partition coefficient (Wildman–Crippen LogP) is 5.31. The lowest BCUT2D eigenvalue weighted by atomic mass is 10.0. The van der Waals surface area contributed by atoms with Crippen LogP contribution < -0.4 is 5.32 Å². The first-order valence-electron chi connectivity index (χ1n) is 7.01. The van der Waals surface area contributed by atoms with Gasteiger partial charge in [-0.2, -0.15) is 0 Å². The molecule has 0 heterocycles. The smallest absolute Gasteiger partial charge is 0.0305 e. The fourth-order valence-corrected chi connectivity index (χ4v) is 2.89. The molecule has 2 atom stereocenters. The molecular formula is C16H26BrN. The molecule has 1 nitrogen and oxygen atoms in total. The van der Waals surface area contributed by atoms with Gasteiger partial charge in [0.05, 0.1) is 0 Å². The van der Waals surface area contributed by atoms with E-state index in [0.29, 0.717) is 12.1 Å². The zero-order valence-electron chi connectivity index (χ0n) is 12.0. The third kappa shape index (κ3) is 5.53. The number of halogens is 1. The standard InChI is InChI=1S/C16H26BrN/c1-12(2)8-7-9-13(3)18-14(4)15-10-5-6-11-16(15)17/h5-6,10-14,18H,7-9H2,1-4H3. The molecule has 1 rings (SSSR count). The number of nitrogens with one attached hydrogen (secondary N) is 1. The summed E-state index contributed by atoms with van der Waals surface area (Å²) in [5.41, 5.74) is 1.34. The lowest BCUT2D eigenvalue weighted by molar-refractivity contribution is 0.423. The molecule has 1 aromatic carbocycles. The van der Waals surface area contributed by atoms with E-state index in [1.165, 1.54) is 29.3 Å². The quantitative estimate of drug-likeness (QED) is 0.719. The predicted molar refractivity (Wildman–Crippen MR) is 83.8 cm³/mol. The Balaban J connectivity index is 2.40. The normalized spacial score (nSPS) is 14.8. The van der Waals surface area contributed by atoms with Crippen LogP contribution in [0.5, 0.6) is 0 Å². The summed E-state index contributed by atoms with van der Waals surface area (Å²) >= 11 is 3.62. The van der Waals surface area contributed by atoms with Gasteiger partial charge in [0.25, 0.3) is 0 Å². The third-order valence-electron chi connectivity index (χ3n) is 3.32. The maximum absolute atomic E-state index is 3.68. The van der Waals surface area contributed by atoms with Crippen molar-refractivity contribution in [3.05, 3.63) is 34.3 Å². The van der Waals surface area contributed by atoms with Gasteiger partial charge < -0.3 is 5.32 Å². The molecule has 1 N–H and O–H groups in total. The van der Waals surface area contributed by atoms with Crippen molar-refractivity contribution in [3.63, 3.8) is 0 Å². The van der Waals surface area contributed by atoms with Crippen LogP contribution in [-0.2, 0) is 0 Å². The first-order valence-corrected chi connectivity index (χ1v) is 7.80. The van der Waals surface area contributed by atoms with Gasteiger partial charge in [-0.15, -0.1) is 0 Å². The van der Waals surface area contributed by atoms with Crippen molar-refractivity contribution in [3.8, 4) is 0 Å². The molecule has 0 saturated heterocycles. The number of hydrogen-bond acceptors (Lipinski definition) is 1. The van der Waals surface area contributed by atoms with Crippen LogP contribution in [0, 0.1) is 5.92 Å². The summed E-state index contributed by atoms with van der Waals surface area (Å²) in [6, 6.07) is 9.42. The maximum Gasteiger partial charge on any atom is 0.0305 e. The van der Waals surface area contributed by atoms with E-state index < -0.39 is 0 Å². The van der Waals surface area contributed by atoms with Gasteiger partial charge in [0.2, 0.25) is 0 Å². The minimum absolute atomic E-state index is 0.398. The lowest BCUT2D eigenvalue weighted by Crippen LogP contribution is -2.29. The van der Waals surface area contributed by atoms with Gasteiger partial charge in [0.1, 0.15) is 0 Å². The SMILES string of the molecule is CC(C)CCCC(C)NC(C)c1ccccc1Br. The number of benzene rings is 1. The molecule has 0 spiro atoms. The lowest BCUT2D eigenvalue weighted by Gasteiger charge is -2.21. The van der Waals surface area contributed by atoms with Gasteiger partial charge in [0, 0.05) is 16.6 Å². The first-order chi connectivity index (χ1) is 8.50. The van der Waals surface area contributed by atoms with E-state index >= 15 is 0 Å². The summed E-state index contributed by atoms with van der Waals surface area (Å²) in [5, 5.41) is 3.68. The average molecular weight is 312 g/mol. The minimum Gasteiger partial charge on any atom is -0.308 e. The molecule has 0 bridgehead atoms. The zero-order chi connectivity index (χ0) is 13.5. The highest BCUT2D eigenvalue weighted by molar-refractivity contribution is 9.10. The Morgan fingerprint density at radius 2 is 1.72 bits per heavy atom. The van der Waals surface area contributed by atoms with Crippen LogP contribution in [0.25, 0.3) is 0 Å². The van der Waals surface area contributed by atoms with E-state index in [0.717, 1.165) is 5.92 Å². The van der Waals surface area contributed by atoms with Crippen molar-refractivity contribution in [1.29, 1.82) is 0 Å². The highest BCUT2D eigenvalue weighted by Gasteiger charge is 2.11. The number of rotatable bonds is 7. The van der Waals surface area contributed by atoms with Gasteiger partial charge in [-0.05, 0) is 37.8 Å². The van der Waals surface area contributed by atoms with Crippen LogP contribution in [0.3, 0.4) is 0 Å². The van der Waals surface area contributed by atoms with Crippen molar-refractivity contribution < 1.29 is 0 Å². The molecule has 0 amide bonds. The van der Waals surface area contributed by atoms with Crippen molar-refractivity contribution in [2.75, 3.05) is 0 Å². The Morgan fingerprint density at radius 3 is 2.33 bits per heavy atom. The third-order valence-corrected chi connectivity index (χ3v) is 4.05. The summed E-state index contributed by atoms with van der Waals surface area (Å²) < 4.78 is 1.19. The van der Waals surface area contributed by atoms with E-state index in [1.807, 2.05) is 0 Å². The Hall–Kier alpha value is -0.340. The van der Waals surface area contributed by atoms with Gasteiger partial charge >= 0.3 is 0 Å².